The maximum Gasteiger partial charge on any atom is 0.208 e. The minimum Gasteiger partial charge on any atom is -0.219 e. The highest BCUT2D eigenvalue weighted by Gasteiger charge is 2.19. The van der Waals surface area contributed by atoms with Crippen molar-refractivity contribution >= 4 is 30.6 Å². The SMILES string of the molecule is CS(=O)(=O)NCCc1cccc2cc(S(=O)(=O)c3cccc(F)c3)ccc12. The first kappa shape index (κ1) is 19.5. The predicted molar refractivity (Wildman–Crippen MR) is 102 cm³/mol. The highest BCUT2D eigenvalue weighted by atomic mass is 32.2. The molecule has 3 rings (SSSR count). The molecule has 0 heterocycles. The minimum absolute atomic E-state index is 0.0759. The van der Waals surface area contributed by atoms with Crippen LogP contribution >= 0.6 is 0 Å². The van der Waals surface area contributed by atoms with Crippen LogP contribution in [0.2, 0.25) is 0 Å². The summed E-state index contributed by atoms with van der Waals surface area (Å²) < 4.78 is 63.7. The monoisotopic (exact) mass is 407 g/mol. The van der Waals surface area contributed by atoms with Gasteiger partial charge < -0.3 is 0 Å². The van der Waals surface area contributed by atoms with E-state index in [4.69, 9.17) is 0 Å². The third kappa shape index (κ3) is 4.52. The van der Waals surface area contributed by atoms with Crippen LogP contribution in [-0.2, 0) is 26.3 Å². The fourth-order valence-electron chi connectivity index (χ4n) is 2.86. The van der Waals surface area contributed by atoms with Crippen LogP contribution < -0.4 is 4.72 Å². The fourth-order valence-corrected chi connectivity index (χ4v) is 4.66. The Morgan fingerprint density at radius 1 is 0.889 bits per heavy atom. The summed E-state index contributed by atoms with van der Waals surface area (Å²) in [5.74, 6) is -0.613. The molecule has 0 aromatic heterocycles. The highest BCUT2D eigenvalue weighted by molar-refractivity contribution is 7.91. The molecular weight excluding hydrogens is 389 g/mol. The topological polar surface area (TPSA) is 80.3 Å². The zero-order valence-electron chi connectivity index (χ0n) is 14.5. The van der Waals surface area contributed by atoms with E-state index in [-0.39, 0.29) is 16.3 Å². The molecule has 0 atom stereocenters. The van der Waals surface area contributed by atoms with E-state index in [2.05, 4.69) is 4.72 Å². The van der Waals surface area contributed by atoms with Gasteiger partial charge in [-0.25, -0.2) is 25.9 Å². The molecule has 3 aromatic rings. The van der Waals surface area contributed by atoms with Crippen molar-refractivity contribution in [1.82, 2.24) is 4.72 Å². The molecule has 1 N–H and O–H groups in total. The minimum atomic E-state index is -3.83. The summed E-state index contributed by atoms with van der Waals surface area (Å²) in [6, 6.07) is 15.1. The summed E-state index contributed by atoms with van der Waals surface area (Å²) >= 11 is 0. The van der Waals surface area contributed by atoms with E-state index in [0.717, 1.165) is 23.3 Å². The second-order valence-corrected chi connectivity index (χ2v) is 9.96. The van der Waals surface area contributed by atoms with Crippen molar-refractivity contribution in [2.24, 2.45) is 0 Å². The molecule has 27 heavy (non-hydrogen) atoms. The number of hydrogen-bond acceptors (Lipinski definition) is 4. The van der Waals surface area contributed by atoms with E-state index in [9.17, 15) is 21.2 Å². The van der Waals surface area contributed by atoms with Gasteiger partial charge in [0.2, 0.25) is 19.9 Å². The van der Waals surface area contributed by atoms with Gasteiger partial charge >= 0.3 is 0 Å². The summed E-state index contributed by atoms with van der Waals surface area (Å²) in [6.07, 6.45) is 1.57. The Morgan fingerprint density at radius 2 is 1.59 bits per heavy atom. The average Bonchev–Trinajstić information content (AvgIpc) is 2.60. The van der Waals surface area contributed by atoms with Crippen molar-refractivity contribution in [2.45, 2.75) is 16.2 Å². The molecule has 5 nitrogen and oxygen atoms in total. The lowest BCUT2D eigenvalue weighted by atomic mass is 10.0. The first-order valence-electron chi connectivity index (χ1n) is 8.14. The molecule has 0 spiro atoms. The molecule has 0 aliphatic carbocycles. The Kier molecular flexibility index (Phi) is 5.32. The largest absolute Gasteiger partial charge is 0.219 e. The van der Waals surface area contributed by atoms with Crippen LogP contribution in [0, 0.1) is 5.82 Å². The molecule has 0 bridgehead atoms. The van der Waals surface area contributed by atoms with Gasteiger partial charge in [0.15, 0.2) is 0 Å². The van der Waals surface area contributed by atoms with E-state index < -0.39 is 25.7 Å². The Hall–Kier alpha value is -2.29. The molecule has 142 valence electrons. The molecule has 0 amide bonds. The first-order valence-corrected chi connectivity index (χ1v) is 11.5. The normalized spacial score (nSPS) is 12.4. The molecule has 0 aliphatic rings. The third-order valence-electron chi connectivity index (χ3n) is 4.12. The van der Waals surface area contributed by atoms with Crippen molar-refractivity contribution in [1.29, 1.82) is 0 Å². The van der Waals surface area contributed by atoms with Crippen LogP contribution in [0.4, 0.5) is 4.39 Å². The van der Waals surface area contributed by atoms with Gasteiger partial charge in [-0.3, -0.25) is 0 Å². The highest BCUT2D eigenvalue weighted by Crippen LogP contribution is 2.27. The average molecular weight is 407 g/mol. The van der Waals surface area contributed by atoms with Gasteiger partial charge in [0, 0.05) is 6.54 Å². The molecule has 0 aliphatic heterocycles. The zero-order valence-corrected chi connectivity index (χ0v) is 16.1. The van der Waals surface area contributed by atoms with Gasteiger partial charge in [0.05, 0.1) is 16.0 Å². The zero-order chi connectivity index (χ0) is 19.7. The molecule has 0 saturated heterocycles. The quantitative estimate of drug-likeness (QED) is 0.681. The predicted octanol–water partition coefficient (Wildman–Crippen LogP) is 2.90. The Bertz CT molecular complexity index is 1210. The van der Waals surface area contributed by atoms with E-state index >= 15 is 0 Å². The lowest BCUT2D eigenvalue weighted by Gasteiger charge is -2.10. The van der Waals surface area contributed by atoms with Crippen molar-refractivity contribution in [3.8, 4) is 0 Å². The molecule has 0 unspecified atom stereocenters. The van der Waals surface area contributed by atoms with Crippen LogP contribution in [0.25, 0.3) is 10.8 Å². The molecule has 0 fully saturated rings. The van der Waals surface area contributed by atoms with E-state index in [0.29, 0.717) is 11.8 Å². The van der Waals surface area contributed by atoms with Crippen LogP contribution in [0.3, 0.4) is 0 Å². The van der Waals surface area contributed by atoms with Crippen LogP contribution in [0.5, 0.6) is 0 Å². The molecule has 8 heteroatoms. The van der Waals surface area contributed by atoms with Crippen LogP contribution in [0.1, 0.15) is 5.56 Å². The fraction of sp³-hybridized carbons (Fsp3) is 0.158. The van der Waals surface area contributed by atoms with Crippen molar-refractivity contribution in [3.63, 3.8) is 0 Å². The van der Waals surface area contributed by atoms with E-state index in [1.54, 1.807) is 24.3 Å². The first-order chi connectivity index (χ1) is 12.7. The van der Waals surface area contributed by atoms with Gasteiger partial charge in [0.25, 0.3) is 0 Å². The summed E-state index contributed by atoms with van der Waals surface area (Å²) in [4.78, 5) is -0.0256. The number of benzene rings is 3. The molecule has 3 aromatic carbocycles. The Morgan fingerprint density at radius 3 is 2.30 bits per heavy atom. The number of sulfonamides is 1. The molecule has 0 saturated carbocycles. The number of rotatable bonds is 6. The van der Waals surface area contributed by atoms with Crippen molar-refractivity contribution < 1.29 is 21.2 Å². The molecule has 0 radical (unpaired) electrons. The summed E-state index contributed by atoms with van der Waals surface area (Å²) in [6.45, 7) is 0.251. The standard InChI is InChI=1S/C19H18FNO4S2/c1-26(22,23)21-11-10-14-4-2-5-15-12-18(8-9-19(14)15)27(24,25)17-7-3-6-16(20)13-17/h2-9,12-13,21H,10-11H2,1H3. The van der Waals surface area contributed by atoms with Crippen molar-refractivity contribution in [2.75, 3.05) is 12.8 Å². The van der Waals surface area contributed by atoms with Gasteiger partial charge in [-0.1, -0.05) is 30.3 Å². The van der Waals surface area contributed by atoms with Gasteiger partial charge in [0.1, 0.15) is 5.82 Å². The smallest absolute Gasteiger partial charge is 0.208 e. The maximum absolute atomic E-state index is 13.4. The number of nitrogens with one attached hydrogen (secondary N) is 1. The van der Waals surface area contributed by atoms with Gasteiger partial charge in [-0.15, -0.1) is 0 Å². The maximum atomic E-state index is 13.4. The van der Waals surface area contributed by atoms with Crippen molar-refractivity contribution in [3.05, 3.63) is 72.0 Å². The summed E-state index contributed by atoms with van der Waals surface area (Å²) in [7, 11) is -7.10. The van der Waals surface area contributed by atoms with E-state index in [1.807, 2.05) is 6.07 Å². The van der Waals surface area contributed by atoms with Crippen LogP contribution in [0.15, 0.2) is 70.5 Å². The number of fused-ring (bicyclic) bond motifs is 1. The third-order valence-corrected chi connectivity index (χ3v) is 6.60. The number of sulfone groups is 1. The lowest BCUT2D eigenvalue weighted by molar-refractivity contribution is 0.587. The summed E-state index contributed by atoms with van der Waals surface area (Å²) in [5, 5.41) is 1.55. The van der Waals surface area contributed by atoms with Gasteiger partial charge in [-0.2, -0.15) is 0 Å². The number of hydrogen-bond donors (Lipinski definition) is 1. The molecular formula is C19H18FNO4S2. The van der Waals surface area contributed by atoms with E-state index in [1.165, 1.54) is 24.3 Å². The Labute approximate surface area is 157 Å². The second-order valence-electron chi connectivity index (χ2n) is 6.18. The Balaban J connectivity index is 1.97. The van der Waals surface area contributed by atoms with Gasteiger partial charge in [-0.05, 0) is 53.1 Å². The number of halogens is 1. The van der Waals surface area contributed by atoms with Crippen LogP contribution in [-0.4, -0.2) is 29.6 Å². The second kappa shape index (κ2) is 7.38. The lowest BCUT2D eigenvalue weighted by Crippen LogP contribution is -2.24. The summed E-state index contributed by atoms with van der Waals surface area (Å²) in [5.41, 5.74) is 0.901.